The zero-order chi connectivity index (χ0) is 17.2. The minimum absolute atomic E-state index is 0.0228. The number of carbonyl (C=O) groups is 1. The standard InChI is InChI=1S/C16H30N6O/c1-6-16(4,5)22-15(18-19-20-22)13(11(2)3)21-9-7-12(8-10-21)14(17)23/h11-13H,6-10H2,1-5H3,(H2,17,23)/p+1/t13-/m1/s1. The van der Waals surface area contributed by atoms with Crippen molar-refractivity contribution < 1.29 is 9.69 Å². The molecule has 7 nitrogen and oxygen atoms in total. The number of tetrazole rings is 1. The van der Waals surface area contributed by atoms with Crippen molar-refractivity contribution in [1.82, 2.24) is 20.2 Å². The second kappa shape index (κ2) is 6.95. The van der Waals surface area contributed by atoms with E-state index in [-0.39, 0.29) is 23.4 Å². The highest BCUT2D eigenvalue weighted by Crippen LogP contribution is 2.25. The molecule has 1 fully saturated rings. The molecule has 0 radical (unpaired) electrons. The summed E-state index contributed by atoms with van der Waals surface area (Å²) >= 11 is 0. The number of hydrogen-bond donors (Lipinski definition) is 2. The molecule has 1 aliphatic rings. The molecular weight excluding hydrogens is 292 g/mol. The van der Waals surface area contributed by atoms with Crippen molar-refractivity contribution in [3.63, 3.8) is 0 Å². The molecule has 0 aromatic carbocycles. The Morgan fingerprint density at radius 1 is 1.39 bits per heavy atom. The van der Waals surface area contributed by atoms with E-state index in [9.17, 15) is 4.79 Å². The van der Waals surface area contributed by atoms with Crippen LogP contribution in [0.3, 0.4) is 0 Å². The Morgan fingerprint density at radius 2 is 2.00 bits per heavy atom. The number of primary amides is 1. The van der Waals surface area contributed by atoms with Gasteiger partial charge in [0.15, 0.2) is 6.04 Å². The summed E-state index contributed by atoms with van der Waals surface area (Å²) in [6, 6.07) is 0.240. The molecule has 0 aliphatic carbocycles. The number of carbonyl (C=O) groups excluding carboxylic acids is 1. The van der Waals surface area contributed by atoms with E-state index in [0.717, 1.165) is 38.2 Å². The van der Waals surface area contributed by atoms with Crippen LogP contribution >= 0.6 is 0 Å². The number of nitrogens with one attached hydrogen (secondary N) is 1. The molecule has 7 heteroatoms. The van der Waals surface area contributed by atoms with E-state index in [2.05, 4.69) is 50.1 Å². The first-order chi connectivity index (χ1) is 10.8. The first-order valence-corrected chi connectivity index (χ1v) is 8.70. The Bertz CT molecular complexity index is 530. The normalized spacial score (nSPS) is 23.9. The van der Waals surface area contributed by atoms with Gasteiger partial charge in [-0.05, 0) is 30.7 Å². The van der Waals surface area contributed by atoms with E-state index >= 15 is 0 Å². The van der Waals surface area contributed by atoms with Crippen molar-refractivity contribution >= 4 is 5.91 Å². The smallest absolute Gasteiger partial charge is 0.220 e. The van der Waals surface area contributed by atoms with Crippen LogP contribution in [0.15, 0.2) is 0 Å². The molecule has 1 aromatic heterocycles. The minimum atomic E-state index is -0.165. The predicted octanol–water partition coefficient (Wildman–Crippen LogP) is 0.296. The molecule has 0 unspecified atom stereocenters. The molecule has 1 aliphatic heterocycles. The molecule has 0 saturated carbocycles. The third kappa shape index (κ3) is 3.71. The van der Waals surface area contributed by atoms with Gasteiger partial charge in [-0.2, -0.15) is 0 Å². The monoisotopic (exact) mass is 323 g/mol. The van der Waals surface area contributed by atoms with Crippen LogP contribution in [0.5, 0.6) is 0 Å². The van der Waals surface area contributed by atoms with Gasteiger partial charge < -0.3 is 10.6 Å². The quantitative estimate of drug-likeness (QED) is 0.787. The van der Waals surface area contributed by atoms with Crippen LogP contribution in [0.1, 0.15) is 65.7 Å². The molecule has 1 atom stereocenters. The van der Waals surface area contributed by atoms with E-state index < -0.39 is 0 Å². The van der Waals surface area contributed by atoms with Gasteiger partial charge in [0.2, 0.25) is 11.7 Å². The van der Waals surface area contributed by atoms with Gasteiger partial charge in [0, 0.05) is 24.7 Å². The summed E-state index contributed by atoms with van der Waals surface area (Å²) < 4.78 is 1.99. The summed E-state index contributed by atoms with van der Waals surface area (Å²) in [5, 5.41) is 12.6. The lowest BCUT2D eigenvalue weighted by molar-refractivity contribution is -0.941. The SMILES string of the molecule is CCC(C)(C)n1nnnc1[C@@H](C(C)C)[NH+]1CCC(C(N)=O)CC1. The van der Waals surface area contributed by atoms with Crippen LogP contribution in [0, 0.1) is 11.8 Å². The number of likely N-dealkylation sites (tertiary alicyclic amines) is 1. The number of amides is 1. The Balaban J connectivity index is 2.24. The number of quaternary nitrogens is 1. The number of hydrogen-bond acceptors (Lipinski definition) is 4. The lowest BCUT2D eigenvalue weighted by Crippen LogP contribution is -3.14. The Morgan fingerprint density at radius 3 is 2.48 bits per heavy atom. The predicted molar refractivity (Wildman–Crippen MR) is 87.6 cm³/mol. The van der Waals surface area contributed by atoms with Crippen LogP contribution in [0.25, 0.3) is 0 Å². The Hall–Kier alpha value is -1.50. The molecule has 1 amide bonds. The maximum atomic E-state index is 11.4. The van der Waals surface area contributed by atoms with E-state index in [0.29, 0.717) is 5.92 Å². The molecule has 1 aromatic rings. The van der Waals surface area contributed by atoms with Gasteiger partial charge in [0.1, 0.15) is 0 Å². The molecule has 23 heavy (non-hydrogen) atoms. The van der Waals surface area contributed by atoms with Gasteiger partial charge in [-0.15, -0.1) is 5.10 Å². The van der Waals surface area contributed by atoms with Gasteiger partial charge in [0.25, 0.3) is 0 Å². The minimum Gasteiger partial charge on any atom is -0.369 e. The maximum Gasteiger partial charge on any atom is 0.220 e. The Labute approximate surface area is 138 Å². The summed E-state index contributed by atoms with van der Waals surface area (Å²) in [6.07, 6.45) is 2.67. The van der Waals surface area contributed by atoms with Crippen molar-refractivity contribution in [1.29, 1.82) is 0 Å². The number of nitrogens with two attached hydrogens (primary N) is 1. The van der Waals surface area contributed by atoms with Crippen molar-refractivity contribution in [2.24, 2.45) is 17.6 Å². The lowest BCUT2D eigenvalue weighted by atomic mass is 9.92. The fourth-order valence-corrected chi connectivity index (χ4v) is 3.51. The molecule has 2 rings (SSSR count). The first kappa shape index (κ1) is 17.8. The number of rotatable bonds is 6. The molecule has 130 valence electrons. The average molecular weight is 323 g/mol. The van der Waals surface area contributed by atoms with Gasteiger partial charge in [-0.25, -0.2) is 4.68 Å². The fourth-order valence-electron chi connectivity index (χ4n) is 3.51. The highest BCUT2D eigenvalue weighted by atomic mass is 16.1. The molecule has 3 N–H and O–H groups in total. The number of piperidine rings is 1. The third-order valence-electron chi connectivity index (χ3n) is 5.35. The summed E-state index contributed by atoms with van der Waals surface area (Å²) in [5.74, 6) is 1.24. The van der Waals surface area contributed by atoms with Gasteiger partial charge in [0.05, 0.1) is 18.6 Å². The topological polar surface area (TPSA) is 91.1 Å². The van der Waals surface area contributed by atoms with Crippen LogP contribution in [-0.4, -0.2) is 39.2 Å². The third-order valence-corrected chi connectivity index (χ3v) is 5.35. The largest absolute Gasteiger partial charge is 0.369 e. The van der Waals surface area contributed by atoms with E-state index in [1.807, 2.05) is 4.68 Å². The summed E-state index contributed by atoms with van der Waals surface area (Å²) in [6.45, 7) is 12.8. The Kier molecular flexibility index (Phi) is 5.39. The van der Waals surface area contributed by atoms with Crippen LogP contribution in [0.2, 0.25) is 0 Å². The molecule has 0 bridgehead atoms. The average Bonchev–Trinajstić information content (AvgIpc) is 2.97. The second-order valence-corrected chi connectivity index (χ2v) is 7.67. The summed E-state index contributed by atoms with van der Waals surface area (Å²) in [4.78, 5) is 12.9. The number of nitrogens with zero attached hydrogens (tertiary/aromatic N) is 4. The van der Waals surface area contributed by atoms with Crippen LogP contribution in [0.4, 0.5) is 0 Å². The molecular formula is C16H31N6O+. The zero-order valence-electron chi connectivity index (χ0n) is 15.0. The number of aromatic nitrogens is 4. The summed E-state index contributed by atoms with van der Waals surface area (Å²) in [5.41, 5.74) is 5.36. The molecule has 1 saturated heterocycles. The van der Waals surface area contributed by atoms with Gasteiger partial charge >= 0.3 is 0 Å². The van der Waals surface area contributed by atoms with Crippen LogP contribution in [-0.2, 0) is 10.3 Å². The summed E-state index contributed by atoms with van der Waals surface area (Å²) in [7, 11) is 0. The van der Waals surface area contributed by atoms with E-state index in [4.69, 9.17) is 5.73 Å². The van der Waals surface area contributed by atoms with Crippen molar-refractivity contribution in [2.45, 2.75) is 65.5 Å². The maximum absolute atomic E-state index is 11.4. The van der Waals surface area contributed by atoms with Crippen molar-refractivity contribution in [2.75, 3.05) is 13.1 Å². The van der Waals surface area contributed by atoms with Crippen LogP contribution < -0.4 is 10.6 Å². The van der Waals surface area contributed by atoms with Gasteiger partial charge in [-0.1, -0.05) is 20.8 Å². The van der Waals surface area contributed by atoms with Crippen molar-refractivity contribution in [3.05, 3.63) is 5.82 Å². The lowest BCUT2D eigenvalue weighted by Gasteiger charge is -2.36. The first-order valence-electron chi connectivity index (χ1n) is 8.70. The highest BCUT2D eigenvalue weighted by molar-refractivity contribution is 5.76. The van der Waals surface area contributed by atoms with Crippen molar-refractivity contribution in [3.8, 4) is 0 Å². The highest BCUT2D eigenvalue weighted by Gasteiger charge is 2.38. The second-order valence-electron chi connectivity index (χ2n) is 7.67. The molecule has 2 heterocycles. The van der Waals surface area contributed by atoms with E-state index in [1.165, 1.54) is 4.90 Å². The fraction of sp³-hybridized carbons (Fsp3) is 0.875. The zero-order valence-corrected chi connectivity index (χ0v) is 15.0. The van der Waals surface area contributed by atoms with Gasteiger partial charge in [-0.3, -0.25) is 4.79 Å². The van der Waals surface area contributed by atoms with E-state index in [1.54, 1.807) is 0 Å². The molecule has 0 spiro atoms.